The van der Waals surface area contributed by atoms with Gasteiger partial charge >= 0.3 is 0 Å². The summed E-state index contributed by atoms with van der Waals surface area (Å²) in [6, 6.07) is 8.25. The minimum absolute atomic E-state index is 0.0660. The van der Waals surface area contributed by atoms with E-state index < -0.39 is 0 Å². The monoisotopic (exact) mass is 231 g/mol. The Morgan fingerprint density at radius 1 is 1.35 bits per heavy atom. The molecule has 0 saturated heterocycles. The predicted octanol–water partition coefficient (Wildman–Crippen LogP) is 0.424. The molecule has 0 fully saturated rings. The van der Waals surface area contributed by atoms with Gasteiger partial charge in [0.1, 0.15) is 0 Å². The predicted molar refractivity (Wildman–Crippen MR) is 62.2 cm³/mol. The first-order valence-corrected chi connectivity index (χ1v) is 5.22. The number of rotatable bonds is 4. The van der Waals surface area contributed by atoms with Gasteiger partial charge in [-0.3, -0.25) is 9.59 Å². The molecule has 17 heavy (non-hydrogen) atoms. The van der Waals surface area contributed by atoms with Gasteiger partial charge in [0.25, 0.3) is 5.91 Å². The van der Waals surface area contributed by atoms with Crippen LogP contribution in [-0.2, 0) is 4.79 Å². The number of carbonyl (C=O) groups excluding carboxylic acids is 2. The van der Waals surface area contributed by atoms with Crippen LogP contribution in [0.5, 0.6) is 0 Å². The van der Waals surface area contributed by atoms with E-state index in [2.05, 4.69) is 10.6 Å². The number of nitriles is 1. The zero-order valence-corrected chi connectivity index (χ0v) is 9.49. The molecule has 0 unspecified atom stereocenters. The summed E-state index contributed by atoms with van der Waals surface area (Å²) in [6.07, 6.45) is 0. The minimum atomic E-state index is -0.367. The molecule has 0 radical (unpaired) electrons. The lowest BCUT2D eigenvalue weighted by atomic mass is 10.1. The molecule has 0 aliphatic carbocycles. The highest BCUT2D eigenvalue weighted by atomic mass is 16.2. The Morgan fingerprint density at radius 2 is 2.12 bits per heavy atom. The number of hydrogen-bond donors (Lipinski definition) is 2. The van der Waals surface area contributed by atoms with Crippen LogP contribution in [0.1, 0.15) is 22.8 Å². The summed E-state index contributed by atoms with van der Waals surface area (Å²) in [6.45, 7) is 2.26. The third kappa shape index (κ3) is 3.95. The molecule has 0 bridgehead atoms. The normalized spacial score (nSPS) is 9.18. The summed E-state index contributed by atoms with van der Waals surface area (Å²) < 4.78 is 0. The molecule has 2 amide bonds. The number of amides is 2. The van der Waals surface area contributed by atoms with Gasteiger partial charge < -0.3 is 10.6 Å². The van der Waals surface area contributed by atoms with Crippen molar-refractivity contribution in [2.75, 3.05) is 13.1 Å². The van der Waals surface area contributed by atoms with Gasteiger partial charge in [0.05, 0.1) is 18.2 Å². The van der Waals surface area contributed by atoms with E-state index in [0.29, 0.717) is 17.7 Å². The van der Waals surface area contributed by atoms with Crippen LogP contribution in [0.15, 0.2) is 24.3 Å². The zero-order valence-electron chi connectivity index (χ0n) is 9.49. The van der Waals surface area contributed by atoms with Crippen molar-refractivity contribution in [2.24, 2.45) is 0 Å². The Kier molecular flexibility index (Phi) is 4.70. The van der Waals surface area contributed by atoms with Crippen molar-refractivity contribution in [1.29, 1.82) is 5.26 Å². The molecule has 2 N–H and O–H groups in total. The van der Waals surface area contributed by atoms with Gasteiger partial charge in [0.15, 0.2) is 0 Å². The van der Waals surface area contributed by atoms with Gasteiger partial charge in [-0.2, -0.15) is 5.26 Å². The van der Waals surface area contributed by atoms with Crippen LogP contribution in [0.3, 0.4) is 0 Å². The molecule has 1 aromatic rings. The van der Waals surface area contributed by atoms with Crippen molar-refractivity contribution in [1.82, 2.24) is 10.6 Å². The fourth-order valence-electron chi connectivity index (χ4n) is 1.25. The van der Waals surface area contributed by atoms with Crippen molar-refractivity contribution >= 4 is 11.8 Å². The molecule has 0 aliphatic rings. The third-order valence-electron chi connectivity index (χ3n) is 2.04. The summed E-state index contributed by atoms with van der Waals surface area (Å²) >= 11 is 0. The summed E-state index contributed by atoms with van der Waals surface area (Å²) in [4.78, 5) is 22.7. The molecule has 1 aromatic carbocycles. The van der Waals surface area contributed by atoms with Crippen molar-refractivity contribution < 1.29 is 9.59 Å². The lowest BCUT2D eigenvalue weighted by Crippen LogP contribution is -2.36. The van der Waals surface area contributed by atoms with Crippen LogP contribution in [0.4, 0.5) is 0 Å². The average molecular weight is 231 g/mol. The fraction of sp³-hybridized carbons (Fsp3) is 0.250. The molecule has 0 spiro atoms. The number of likely N-dealkylation sites (N-methyl/N-ethyl adjacent to an activating group) is 1. The van der Waals surface area contributed by atoms with Gasteiger partial charge in [0, 0.05) is 12.1 Å². The molecular weight excluding hydrogens is 218 g/mol. The van der Waals surface area contributed by atoms with E-state index >= 15 is 0 Å². The second-order valence-electron chi connectivity index (χ2n) is 3.33. The highest BCUT2D eigenvalue weighted by Gasteiger charge is 2.07. The summed E-state index contributed by atoms with van der Waals surface area (Å²) in [5.41, 5.74) is 0.781. The third-order valence-corrected chi connectivity index (χ3v) is 2.04. The van der Waals surface area contributed by atoms with Crippen molar-refractivity contribution in [3.8, 4) is 6.07 Å². The standard InChI is InChI=1S/C12H13N3O2/c1-2-14-11(16)8-15-12(17)10-5-3-4-9(6-10)7-13/h3-6H,2,8H2,1H3,(H,14,16)(H,15,17). The van der Waals surface area contributed by atoms with Gasteiger partial charge in [-0.15, -0.1) is 0 Å². The second-order valence-corrected chi connectivity index (χ2v) is 3.33. The van der Waals surface area contributed by atoms with E-state index in [4.69, 9.17) is 5.26 Å². The van der Waals surface area contributed by atoms with Crippen LogP contribution in [0.25, 0.3) is 0 Å². The molecule has 0 aliphatic heterocycles. The van der Waals surface area contributed by atoms with Crippen molar-refractivity contribution in [3.63, 3.8) is 0 Å². The van der Waals surface area contributed by atoms with Gasteiger partial charge in [-0.25, -0.2) is 0 Å². The van der Waals surface area contributed by atoms with Crippen LogP contribution in [-0.4, -0.2) is 24.9 Å². The first-order chi connectivity index (χ1) is 8.17. The molecule has 1 rings (SSSR count). The maximum absolute atomic E-state index is 11.6. The number of benzene rings is 1. The van der Waals surface area contributed by atoms with Crippen molar-refractivity contribution in [2.45, 2.75) is 6.92 Å². The van der Waals surface area contributed by atoms with E-state index in [1.54, 1.807) is 25.1 Å². The zero-order chi connectivity index (χ0) is 12.7. The van der Waals surface area contributed by atoms with E-state index in [-0.39, 0.29) is 18.4 Å². The number of hydrogen-bond acceptors (Lipinski definition) is 3. The largest absolute Gasteiger partial charge is 0.355 e. The highest BCUT2D eigenvalue weighted by molar-refractivity contribution is 5.96. The molecule has 88 valence electrons. The van der Waals surface area contributed by atoms with Gasteiger partial charge in [-0.05, 0) is 25.1 Å². The highest BCUT2D eigenvalue weighted by Crippen LogP contribution is 2.03. The van der Waals surface area contributed by atoms with Crippen LogP contribution < -0.4 is 10.6 Å². The van der Waals surface area contributed by atoms with Crippen LogP contribution in [0, 0.1) is 11.3 Å². The van der Waals surface area contributed by atoms with E-state index in [1.807, 2.05) is 6.07 Å². The number of nitrogens with zero attached hydrogens (tertiary/aromatic N) is 1. The Balaban J connectivity index is 2.58. The number of nitrogens with one attached hydrogen (secondary N) is 2. The first kappa shape index (κ1) is 12.7. The Hall–Kier alpha value is -2.35. The maximum atomic E-state index is 11.6. The summed E-state index contributed by atoms with van der Waals surface area (Å²) in [5, 5.41) is 13.7. The van der Waals surface area contributed by atoms with E-state index in [0.717, 1.165) is 0 Å². The summed E-state index contributed by atoms with van der Waals surface area (Å²) in [5.74, 6) is -0.606. The number of carbonyl (C=O) groups is 2. The average Bonchev–Trinajstić information content (AvgIpc) is 2.36. The Morgan fingerprint density at radius 3 is 2.76 bits per heavy atom. The lowest BCUT2D eigenvalue weighted by Gasteiger charge is -2.05. The second kappa shape index (κ2) is 6.28. The molecule has 0 atom stereocenters. The molecule has 5 heteroatoms. The van der Waals surface area contributed by atoms with E-state index in [1.165, 1.54) is 6.07 Å². The molecule has 0 saturated carbocycles. The minimum Gasteiger partial charge on any atom is -0.355 e. The Labute approximate surface area is 99.4 Å². The quantitative estimate of drug-likeness (QED) is 0.788. The Bertz CT molecular complexity index is 463. The van der Waals surface area contributed by atoms with Crippen LogP contribution in [0.2, 0.25) is 0 Å². The fourth-order valence-corrected chi connectivity index (χ4v) is 1.25. The molecule has 0 aromatic heterocycles. The van der Waals surface area contributed by atoms with E-state index in [9.17, 15) is 9.59 Å². The SMILES string of the molecule is CCNC(=O)CNC(=O)c1cccc(C#N)c1. The van der Waals surface area contributed by atoms with Gasteiger partial charge in [0.2, 0.25) is 5.91 Å². The maximum Gasteiger partial charge on any atom is 0.251 e. The first-order valence-electron chi connectivity index (χ1n) is 5.22. The van der Waals surface area contributed by atoms with Gasteiger partial charge in [-0.1, -0.05) is 6.07 Å². The lowest BCUT2D eigenvalue weighted by molar-refractivity contribution is -0.120. The summed E-state index contributed by atoms with van der Waals surface area (Å²) in [7, 11) is 0. The van der Waals surface area contributed by atoms with Crippen LogP contribution >= 0.6 is 0 Å². The molecular formula is C12H13N3O2. The van der Waals surface area contributed by atoms with Crippen molar-refractivity contribution in [3.05, 3.63) is 35.4 Å². The topological polar surface area (TPSA) is 82.0 Å². The molecule has 5 nitrogen and oxygen atoms in total. The molecule has 0 heterocycles. The smallest absolute Gasteiger partial charge is 0.251 e.